The number of fused-ring (bicyclic) bond motifs is 1. The molecule has 0 aliphatic heterocycles. The number of rotatable bonds is 6. The first-order valence-corrected chi connectivity index (χ1v) is 6.96. The molecule has 2 heterocycles. The number of alkyl halides is 3. The number of methoxy groups -OCH3 is 1. The van der Waals surface area contributed by atoms with Gasteiger partial charge in [-0.1, -0.05) is 6.92 Å². The molecule has 0 amide bonds. The highest BCUT2D eigenvalue weighted by molar-refractivity contribution is 5.40. The highest BCUT2D eigenvalue weighted by Gasteiger charge is 2.31. The van der Waals surface area contributed by atoms with Crippen LogP contribution in [0.1, 0.15) is 25.2 Å². The van der Waals surface area contributed by atoms with Gasteiger partial charge in [-0.05, 0) is 25.0 Å². The van der Waals surface area contributed by atoms with E-state index in [1.807, 2.05) is 13.8 Å². The summed E-state index contributed by atoms with van der Waals surface area (Å²) < 4.78 is 44.8. The summed E-state index contributed by atoms with van der Waals surface area (Å²) in [7, 11) is 1.63. The van der Waals surface area contributed by atoms with Crippen molar-refractivity contribution < 1.29 is 17.9 Å². The van der Waals surface area contributed by atoms with E-state index in [9.17, 15) is 13.2 Å². The average molecular weight is 316 g/mol. The van der Waals surface area contributed by atoms with E-state index in [0.717, 1.165) is 12.3 Å². The fourth-order valence-corrected chi connectivity index (χ4v) is 2.09. The third kappa shape index (κ3) is 3.75. The topological polar surface area (TPSA) is 51.5 Å². The first-order valence-electron chi connectivity index (χ1n) is 6.96. The van der Waals surface area contributed by atoms with Gasteiger partial charge >= 0.3 is 6.18 Å². The standard InChI is InChI=1S/C14H19F3N4O/c1-9(8-22-3)10(2)18-6-13-20-19-12-5-4-11(7-21(12)13)14(15,16)17/h4-5,7,9-10,18H,6,8H2,1-3H3/t9-,10+/m1/s1. The number of hydrogen-bond acceptors (Lipinski definition) is 4. The van der Waals surface area contributed by atoms with Crippen molar-refractivity contribution in [3.63, 3.8) is 0 Å². The van der Waals surface area contributed by atoms with Gasteiger partial charge in [0.15, 0.2) is 11.5 Å². The minimum Gasteiger partial charge on any atom is -0.384 e. The lowest BCUT2D eigenvalue weighted by molar-refractivity contribution is -0.137. The van der Waals surface area contributed by atoms with Crippen LogP contribution >= 0.6 is 0 Å². The van der Waals surface area contributed by atoms with Gasteiger partial charge in [0, 0.05) is 19.3 Å². The predicted octanol–water partition coefficient (Wildman–Crippen LogP) is 2.51. The molecule has 0 aliphatic carbocycles. The van der Waals surface area contributed by atoms with Gasteiger partial charge in [0.25, 0.3) is 0 Å². The van der Waals surface area contributed by atoms with Gasteiger partial charge < -0.3 is 10.1 Å². The smallest absolute Gasteiger partial charge is 0.384 e. The Balaban J connectivity index is 2.14. The summed E-state index contributed by atoms with van der Waals surface area (Å²) >= 11 is 0. The molecule has 0 saturated heterocycles. The quantitative estimate of drug-likeness (QED) is 0.890. The van der Waals surface area contributed by atoms with Gasteiger partial charge in [0.2, 0.25) is 0 Å². The van der Waals surface area contributed by atoms with Gasteiger partial charge in [-0.2, -0.15) is 13.2 Å². The van der Waals surface area contributed by atoms with Gasteiger partial charge in [0.05, 0.1) is 18.7 Å². The number of ether oxygens (including phenoxy) is 1. The zero-order valence-electron chi connectivity index (χ0n) is 12.7. The molecule has 1 N–H and O–H groups in total. The van der Waals surface area contributed by atoms with E-state index in [4.69, 9.17) is 4.74 Å². The first-order chi connectivity index (χ1) is 10.3. The molecule has 0 spiro atoms. The Hall–Kier alpha value is -1.67. The minimum absolute atomic E-state index is 0.137. The fourth-order valence-electron chi connectivity index (χ4n) is 2.09. The zero-order chi connectivity index (χ0) is 16.3. The second-order valence-corrected chi connectivity index (χ2v) is 5.36. The van der Waals surface area contributed by atoms with E-state index in [1.165, 1.54) is 10.5 Å². The summed E-state index contributed by atoms with van der Waals surface area (Å²) in [6, 6.07) is 2.46. The maximum Gasteiger partial charge on any atom is 0.417 e. The first kappa shape index (κ1) is 16.7. The molecule has 8 heteroatoms. The van der Waals surface area contributed by atoms with Crippen LogP contribution in [-0.2, 0) is 17.5 Å². The lowest BCUT2D eigenvalue weighted by Gasteiger charge is -2.20. The summed E-state index contributed by atoms with van der Waals surface area (Å²) in [5.74, 6) is 0.715. The van der Waals surface area contributed by atoms with Crippen molar-refractivity contribution in [2.24, 2.45) is 5.92 Å². The molecule has 0 bridgehead atoms. The molecule has 122 valence electrons. The number of halogens is 3. The van der Waals surface area contributed by atoms with Crippen LogP contribution in [0.5, 0.6) is 0 Å². The molecule has 5 nitrogen and oxygen atoms in total. The van der Waals surface area contributed by atoms with Crippen molar-refractivity contribution in [2.45, 2.75) is 32.6 Å². The Bertz CT molecular complexity index is 626. The number of hydrogen-bond donors (Lipinski definition) is 1. The highest BCUT2D eigenvalue weighted by Crippen LogP contribution is 2.29. The average Bonchev–Trinajstić information content (AvgIpc) is 2.86. The normalized spacial score (nSPS) is 15.2. The molecule has 2 atom stereocenters. The van der Waals surface area contributed by atoms with E-state index < -0.39 is 11.7 Å². The summed E-state index contributed by atoms with van der Waals surface area (Å²) in [6.45, 7) is 4.96. The Labute approximate surface area is 126 Å². The molecule has 0 fully saturated rings. The monoisotopic (exact) mass is 316 g/mol. The van der Waals surface area contributed by atoms with Crippen LogP contribution in [0.25, 0.3) is 5.65 Å². The number of nitrogens with one attached hydrogen (secondary N) is 1. The van der Waals surface area contributed by atoms with Crippen LogP contribution in [0, 0.1) is 5.92 Å². The van der Waals surface area contributed by atoms with E-state index in [0.29, 0.717) is 24.6 Å². The van der Waals surface area contributed by atoms with E-state index >= 15 is 0 Å². The lowest BCUT2D eigenvalue weighted by Crippen LogP contribution is -2.34. The van der Waals surface area contributed by atoms with Crippen molar-refractivity contribution in [3.05, 3.63) is 29.7 Å². The summed E-state index contributed by atoms with van der Waals surface area (Å²) in [6.07, 6.45) is -3.36. The van der Waals surface area contributed by atoms with E-state index in [2.05, 4.69) is 15.5 Å². The summed E-state index contributed by atoms with van der Waals surface area (Å²) in [4.78, 5) is 0. The van der Waals surface area contributed by atoms with Crippen molar-refractivity contribution >= 4 is 5.65 Å². The highest BCUT2D eigenvalue weighted by atomic mass is 19.4. The third-order valence-corrected chi connectivity index (χ3v) is 3.67. The minimum atomic E-state index is -4.39. The summed E-state index contributed by atoms with van der Waals surface area (Å²) in [5, 5.41) is 11.1. The molecule has 22 heavy (non-hydrogen) atoms. The van der Waals surface area contributed by atoms with Crippen LogP contribution < -0.4 is 5.32 Å². The lowest BCUT2D eigenvalue weighted by atomic mass is 10.1. The van der Waals surface area contributed by atoms with Crippen LogP contribution in [0.15, 0.2) is 18.3 Å². The second kappa shape index (κ2) is 6.62. The van der Waals surface area contributed by atoms with Crippen LogP contribution in [0.3, 0.4) is 0 Å². The van der Waals surface area contributed by atoms with Gasteiger partial charge in [-0.25, -0.2) is 0 Å². The van der Waals surface area contributed by atoms with Crippen molar-refractivity contribution in [1.29, 1.82) is 0 Å². The van der Waals surface area contributed by atoms with E-state index in [1.54, 1.807) is 7.11 Å². The Morgan fingerprint density at radius 2 is 2.00 bits per heavy atom. The Morgan fingerprint density at radius 3 is 2.64 bits per heavy atom. The fraction of sp³-hybridized carbons (Fsp3) is 0.571. The molecule has 0 radical (unpaired) electrons. The largest absolute Gasteiger partial charge is 0.417 e. The molecule has 0 unspecified atom stereocenters. The number of aromatic nitrogens is 3. The van der Waals surface area contributed by atoms with Crippen LogP contribution in [0.2, 0.25) is 0 Å². The van der Waals surface area contributed by atoms with Crippen molar-refractivity contribution in [2.75, 3.05) is 13.7 Å². The Morgan fingerprint density at radius 1 is 1.27 bits per heavy atom. The van der Waals surface area contributed by atoms with Crippen LogP contribution in [0.4, 0.5) is 13.2 Å². The number of nitrogens with zero attached hydrogens (tertiary/aromatic N) is 3. The van der Waals surface area contributed by atoms with Crippen molar-refractivity contribution in [3.8, 4) is 0 Å². The maximum atomic E-state index is 12.8. The third-order valence-electron chi connectivity index (χ3n) is 3.67. The SMILES string of the molecule is COC[C@@H](C)[C@H](C)NCc1nnc2ccc(C(F)(F)F)cn12. The van der Waals surface area contributed by atoms with Gasteiger partial charge in [-0.3, -0.25) is 4.40 Å². The second-order valence-electron chi connectivity index (χ2n) is 5.36. The molecule has 0 saturated carbocycles. The molecular formula is C14H19F3N4O. The molecule has 2 aromatic heterocycles. The maximum absolute atomic E-state index is 12.8. The molecule has 0 aliphatic rings. The van der Waals surface area contributed by atoms with Gasteiger partial charge in [-0.15, -0.1) is 10.2 Å². The van der Waals surface area contributed by atoms with Crippen LogP contribution in [-0.4, -0.2) is 34.4 Å². The van der Waals surface area contributed by atoms with Crippen molar-refractivity contribution in [1.82, 2.24) is 19.9 Å². The molecule has 0 aromatic carbocycles. The predicted molar refractivity (Wildman–Crippen MR) is 75.3 cm³/mol. The Kier molecular flexibility index (Phi) is 5.02. The molecule has 2 aromatic rings. The molecular weight excluding hydrogens is 297 g/mol. The van der Waals surface area contributed by atoms with E-state index in [-0.39, 0.29) is 12.0 Å². The summed E-state index contributed by atoms with van der Waals surface area (Å²) in [5.41, 5.74) is -0.329. The van der Waals surface area contributed by atoms with Gasteiger partial charge in [0.1, 0.15) is 0 Å². The zero-order valence-corrected chi connectivity index (χ0v) is 12.7. The molecule has 2 rings (SSSR count). The number of pyridine rings is 1.